The summed E-state index contributed by atoms with van der Waals surface area (Å²) in [5.74, 6) is 1.54. The number of benzene rings is 1. The number of hydrogen-bond donors (Lipinski definition) is 2. The van der Waals surface area contributed by atoms with Gasteiger partial charge in [-0.15, -0.1) is 0 Å². The third-order valence-electron chi connectivity index (χ3n) is 4.32. The van der Waals surface area contributed by atoms with Crippen LogP contribution in [0.1, 0.15) is 36.1 Å². The molecule has 0 aliphatic carbocycles. The molecule has 132 valence electrons. The number of aryl methyl sites for hydroxylation is 2. The van der Waals surface area contributed by atoms with Crippen LogP contribution >= 0.6 is 12.2 Å². The highest BCUT2D eigenvalue weighted by molar-refractivity contribution is 7.80. The molecule has 2 N–H and O–H groups in total. The molecule has 2 heterocycles. The van der Waals surface area contributed by atoms with Crippen LogP contribution < -0.4 is 15.5 Å². The molecule has 2 aromatic rings. The molecule has 1 aliphatic rings. The maximum Gasteiger partial charge on any atom is 0.231 e. The lowest BCUT2D eigenvalue weighted by Crippen LogP contribution is -2.32. The summed E-state index contributed by atoms with van der Waals surface area (Å²) in [7, 11) is 0. The monoisotopic (exact) mass is 355 g/mol. The van der Waals surface area contributed by atoms with E-state index in [2.05, 4.69) is 56.7 Å². The molecule has 1 aromatic carbocycles. The van der Waals surface area contributed by atoms with Crippen molar-refractivity contribution in [2.75, 3.05) is 23.3 Å². The normalized spacial score (nSPS) is 14.2. The summed E-state index contributed by atoms with van der Waals surface area (Å²) in [5.41, 5.74) is 3.39. The molecule has 0 unspecified atom stereocenters. The van der Waals surface area contributed by atoms with E-state index in [9.17, 15) is 0 Å². The Labute approximate surface area is 154 Å². The molecule has 0 saturated carbocycles. The van der Waals surface area contributed by atoms with Gasteiger partial charge in [-0.2, -0.15) is 4.98 Å². The second kappa shape index (κ2) is 8.25. The topological polar surface area (TPSA) is 53.1 Å². The maximum atomic E-state index is 5.39. The fourth-order valence-corrected chi connectivity index (χ4v) is 3.09. The van der Waals surface area contributed by atoms with Crippen LogP contribution in [0.3, 0.4) is 0 Å². The van der Waals surface area contributed by atoms with Crippen molar-refractivity contribution in [2.45, 2.75) is 39.7 Å². The van der Waals surface area contributed by atoms with Gasteiger partial charge in [0.2, 0.25) is 5.95 Å². The van der Waals surface area contributed by atoms with Crippen LogP contribution in [0, 0.1) is 13.8 Å². The molecule has 0 radical (unpaired) electrons. The van der Waals surface area contributed by atoms with Gasteiger partial charge in [0.05, 0.1) is 0 Å². The van der Waals surface area contributed by atoms with E-state index >= 15 is 0 Å². The van der Waals surface area contributed by atoms with Gasteiger partial charge in [-0.25, -0.2) is 4.98 Å². The van der Waals surface area contributed by atoms with Crippen molar-refractivity contribution >= 4 is 29.1 Å². The molecule has 0 bridgehead atoms. The summed E-state index contributed by atoms with van der Waals surface area (Å²) in [6.45, 7) is 6.87. The number of nitrogens with one attached hydrogen (secondary N) is 2. The third kappa shape index (κ3) is 5.13. The first kappa shape index (κ1) is 17.6. The predicted molar refractivity (Wildman–Crippen MR) is 107 cm³/mol. The Hall–Kier alpha value is -2.21. The number of rotatable bonds is 4. The molecule has 0 atom stereocenters. The Morgan fingerprint density at radius 2 is 1.80 bits per heavy atom. The van der Waals surface area contributed by atoms with Crippen molar-refractivity contribution in [3.63, 3.8) is 0 Å². The molecule has 6 heteroatoms. The Bertz CT molecular complexity index is 723. The zero-order valence-electron chi connectivity index (χ0n) is 14.9. The first-order valence-electron chi connectivity index (χ1n) is 8.81. The molecule has 1 aromatic heterocycles. The zero-order chi connectivity index (χ0) is 17.6. The van der Waals surface area contributed by atoms with Crippen LogP contribution in [0.25, 0.3) is 0 Å². The lowest BCUT2D eigenvalue weighted by atomic mass is 10.1. The average Bonchev–Trinajstić information content (AvgIpc) is 2.61. The van der Waals surface area contributed by atoms with E-state index in [0.717, 1.165) is 24.6 Å². The molecule has 1 aliphatic heterocycles. The standard InChI is InChI=1S/C19H25N5S/c1-14-6-8-16(9-7-14)13-20-19(25)23-18-21-15(2)12-17(22-18)24-10-4-3-5-11-24/h6-9,12H,3-5,10-11,13H2,1-2H3,(H2,20,21,22,23,25). The smallest absolute Gasteiger partial charge is 0.231 e. The minimum absolute atomic E-state index is 0.538. The second-order valence-electron chi connectivity index (χ2n) is 6.53. The van der Waals surface area contributed by atoms with Gasteiger partial charge in [-0.3, -0.25) is 0 Å². The highest BCUT2D eigenvalue weighted by atomic mass is 32.1. The van der Waals surface area contributed by atoms with Crippen LogP contribution in [-0.2, 0) is 6.54 Å². The molecular weight excluding hydrogens is 330 g/mol. The summed E-state index contributed by atoms with van der Waals surface area (Å²) in [6.07, 6.45) is 3.75. The summed E-state index contributed by atoms with van der Waals surface area (Å²) in [4.78, 5) is 11.4. The van der Waals surface area contributed by atoms with Gasteiger partial charge in [0.25, 0.3) is 0 Å². The Morgan fingerprint density at radius 1 is 1.08 bits per heavy atom. The SMILES string of the molecule is Cc1ccc(CNC(=S)Nc2nc(C)cc(N3CCCCC3)n2)cc1. The van der Waals surface area contributed by atoms with E-state index in [0.29, 0.717) is 17.6 Å². The maximum absolute atomic E-state index is 5.39. The first-order chi connectivity index (χ1) is 12.1. The fourth-order valence-electron chi connectivity index (χ4n) is 2.93. The minimum Gasteiger partial charge on any atom is -0.358 e. The first-order valence-corrected chi connectivity index (χ1v) is 9.22. The number of anilines is 2. The summed E-state index contributed by atoms with van der Waals surface area (Å²) in [6, 6.07) is 10.4. The van der Waals surface area contributed by atoms with Gasteiger partial charge in [0, 0.05) is 31.4 Å². The van der Waals surface area contributed by atoms with Crippen molar-refractivity contribution < 1.29 is 0 Å². The lowest BCUT2D eigenvalue weighted by Gasteiger charge is -2.28. The van der Waals surface area contributed by atoms with Crippen molar-refractivity contribution in [2.24, 2.45) is 0 Å². The van der Waals surface area contributed by atoms with E-state index in [4.69, 9.17) is 12.2 Å². The number of hydrogen-bond acceptors (Lipinski definition) is 4. The van der Waals surface area contributed by atoms with Crippen LogP contribution in [0.5, 0.6) is 0 Å². The number of nitrogens with zero attached hydrogens (tertiary/aromatic N) is 3. The van der Waals surface area contributed by atoms with Crippen LogP contribution in [0.2, 0.25) is 0 Å². The van der Waals surface area contributed by atoms with Gasteiger partial charge in [-0.1, -0.05) is 29.8 Å². The van der Waals surface area contributed by atoms with E-state index in [1.807, 2.05) is 13.0 Å². The molecule has 0 amide bonds. The van der Waals surface area contributed by atoms with E-state index < -0.39 is 0 Å². The molecular formula is C19H25N5S. The fraction of sp³-hybridized carbons (Fsp3) is 0.421. The van der Waals surface area contributed by atoms with Gasteiger partial charge < -0.3 is 15.5 Å². The zero-order valence-corrected chi connectivity index (χ0v) is 15.7. The van der Waals surface area contributed by atoms with Crippen molar-refractivity contribution in [3.05, 3.63) is 47.2 Å². The van der Waals surface area contributed by atoms with Crippen LogP contribution in [0.4, 0.5) is 11.8 Å². The second-order valence-corrected chi connectivity index (χ2v) is 6.94. The van der Waals surface area contributed by atoms with Gasteiger partial charge >= 0.3 is 0 Å². The molecule has 5 nitrogen and oxygen atoms in total. The Kier molecular flexibility index (Phi) is 5.81. The molecule has 1 saturated heterocycles. The van der Waals surface area contributed by atoms with Crippen molar-refractivity contribution in [1.29, 1.82) is 0 Å². The lowest BCUT2D eigenvalue weighted by molar-refractivity contribution is 0.573. The summed E-state index contributed by atoms with van der Waals surface area (Å²) < 4.78 is 0. The van der Waals surface area contributed by atoms with Crippen LogP contribution in [-0.4, -0.2) is 28.2 Å². The highest BCUT2D eigenvalue weighted by Gasteiger charge is 2.14. The van der Waals surface area contributed by atoms with Crippen molar-refractivity contribution in [1.82, 2.24) is 15.3 Å². The minimum atomic E-state index is 0.538. The summed E-state index contributed by atoms with van der Waals surface area (Å²) in [5, 5.41) is 6.87. The number of piperidine rings is 1. The summed E-state index contributed by atoms with van der Waals surface area (Å²) >= 11 is 5.39. The van der Waals surface area contributed by atoms with Crippen LogP contribution in [0.15, 0.2) is 30.3 Å². The van der Waals surface area contributed by atoms with Gasteiger partial charge in [0.15, 0.2) is 5.11 Å². The third-order valence-corrected chi connectivity index (χ3v) is 4.57. The van der Waals surface area contributed by atoms with E-state index in [-0.39, 0.29) is 0 Å². The Balaban J connectivity index is 1.60. The quantitative estimate of drug-likeness (QED) is 0.818. The van der Waals surface area contributed by atoms with Crippen molar-refractivity contribution in [3.8, 4) is 0 Å². The van der Waals surface area contributed by atoms with E-state index in [1.165, 1.54) is 30.4 Å². The number of aromatic nitrogens is 2. The average molecular weight is 356 g/mol. The largest absolute Gasteiger partial charge is 0.358 e. The molecule has 3 rings (SSSR count). The van der Waals surface area contributed by atoms with Gasteiger partial charge in [-0.05, 0) is 50.9 Å². The molecule has 25 heavy (non-hydrogen) atoms. The highest BCUT2D eigenvalue weighted by Crippen LogP contribution is 2.19. The molecule has 0 spiro atoms. The van der Waals surface area contributed by atoms with E-state index in [1.54, 1.807) is 0 Å². The van der Waals surface area contributed by atoms with Gasteiger partial charge in [0.1, 0.15) is 5.82 Å². The predicted octanol–water partition coefficient (Wildman–Crippen LogP) is 3.57. The molecule has 1 fully saturated rings. The Morgan fingerprint density at radius 3 is 2.52 bits per heavy atom. The number of thiocarbonyl (C=S) groups is 1.